The van der Waals surface area contributed by atoms with Gasteiger partial charge in [-0.15, -0.1) is 16.9 Å². The van der Waals surface area contributed by atoms with Crippen LogP contribution in [0.5, 0.6) is 0 Å². The maximum Gasteiger partial charge on any atom is 0.353 e. The number of rotatable bonds is 12. The predicted octanol–water partition coefficient (Wildman–Crippen LogP) is 1.10. The van der Waals surface area contributed by atoms with Crippen molar-refractivity contribution in [1.82, 2.24) is 40.2 Å². The van der Waals surface area contributed by atoms with Crippen LogP contribution in [-0.4, -0.2) is 76.4 Å². The highest BCUT2D eigenvalue weighted by molar-refractivity contribution is 8.02. The lowest BCUT2D eigenvalue weighted by Gasteiger charge is -2.47. The monoisotopic (exact) mass is 565 g/mol. The molecule has 0 spiro atoms. The molecule has 1 saturated heterocycles. The SMILES string of the molecule is C[C@@H](NC(=O)Cn1cnnn1)[C@H]1C(=O)N2C(C(=O)O)=C(SCc3ccc(-c4cnn(CCCN)c4)cc3)[C@H](C)[C@H]12. The second kappa shape index (κ2) is 11.6. The molecular formula is C26H31N9O4S. The van der Waals surface area contributed by atoms with E-state index in [0.29, 0.717) is 17.2 Å². The number of thioether (sulfide) groups is 1. The Morgan fingerprint density at radius 1 is 1.20 bits per heavy atom. The zero-order valence-corrected chi connectivity index (χ0v) is 23.0. The smallest absolute Gasteiger partial charge is 0.353 e. The van der Waals surface area contributed by atoms with Gasteiger partial charge in [-0.25, -0.2) is 9.48 Å². The summed E-state index contributed by atoms with van der Waals surface area (Å²) in [7, 11) is 0. The molecule has 0 unspecified atom stereocenters. The van der Waals surface area contributed by atoms with Crippen molar-refractivity contribution < 1.29 is 19.5 Å². The van der Waals surface area contributed by atoms with Crippen molar-refractivity contribution in [3.05, 3.63) is 59.2 Å². The van der Waals surface area contributed by atoms with Crippen LogP contribution in [0.25, 0.3) is 11.1 Å². The third-order valence-electron chi connectivity index (χ3n) is 7.32. The maximum absolute atomic E-state index is 13.1. The van der Waals surface area contributed by atoms with E-state index >= 15 is 0 Å². The first-order chi connectivity index (χ1) is 19.3. The number of carbonyl (C=O) groups excluding carboxylic acids is 2. The molecule has 0 radical (unpaired) electrons. The first-order valence-corrected chi connectivity index (χ1v) is 14.0. The zero-order valence-electron chi connectivity index (χ0n) is 22.2. The molecule has 2 aliphatic rings. The minimum atomic E-state index is -1.12. The van der Waals surface area contributed by atoms with Gasteiger partial charge in [0.05, 0.1) is 18.2 Å². The topological polar surface area (TPSA) is 174 Å². The number of β-lactam (4-membered cyclic amide) rings is 1. The fraction of sp³-hybridized carbons (Fsp3) is 0.423. The summed E-state index contributed by atoms with van der Waals surface area (Å²) in [6.45, 7) is 5.02. The molecule has 2 amide bonds. The summed E-state index contributed by atoms with van der Waals surface area (Å²) in [5.41, 5.74) is 8.72. The molecule has 210 valence electrons. The number of aryl methyl sites for hydroxylation is 1. The van der Waals surface area contributed by atoms with Crippen LogP contribution >= 0.6 is 11.8 Å². The lowest BCUT2D eigenvalue weighted by atomic mass is 9.78. The van der Waals surface area contributed by atoms with Crippen LogP contribution in [0.15, 0.2) is 53.6 Å². The van der Waals surface area contributed by atoms with E-state index < -0.39 is 17.9 Å². The lowest BCUT2D eigenvalue weighted by molar-refractivity contribution is -0.158. The highest BCUT2D eigenvalue weighted by Gasteiger charge is 2.60. The fourth-order valence-corrected chi connectivity index (χ4v) is 6.60. The fourth-order valence-electron chi connectivity index (χ4n) is 5.37. The molecule has 1 fully saturated rings. The molecule has 13 nitrogen and oxygen atoms in total. The number of hydrogen-bond donors (Lipinski definition) is 3. The van der Waals surface area contributed by atoms with Crippen molar-refractivity contribution in [2.75, 3.05) is 6.54 Å². The molecule has 0 aliphatic carbocycles. The Kier molecular flexibility index (Phi) is 7.98. The van der Waals surface area contributed by atoms with Gasteiger partial charge in [0.2, 0.25) is 11.8 Å². The molecule has 3 aromatic rings. The Morgan fingerprint density at radius 2 is 1.98 bits per heavy atom. The third-order valence-corrected chi connectivity index (χ3v) is 8.68. The predicted molar refractivity (Wildman–Crippen MR) is 146 cm³/mol. The number of fused-ring (bicyclic) bond motifs is 1. The Bertz CT molecular complexity index is 1420. The van der Waals surface area contributed by atoms with Crippen molar-refractivity contribution in [2.45, 2.75) is 51.2 Å². The summed E-state index contributed by atoms with van der Waals surface area (Å²) < 4.78 is 3.17. The maximum atomic E-state index is 13.1. The summed E-state index contributed by atoms with van der Waals surface area (Å²) in [5.74, 6) is -1.90. The van der Waals surface area contributed by atoms with Crippen molar-refractivity contribution >= 4 is 29.5 Å². The summed E-state index contributed by atoms with van der Waals surface area (Å²) in [6, 6.07) is 7.28. The number of carbonyl (C=O) groups is 3. The van der Waals surface area contributed by atoms with Crippen LogP contribution in [0.4, 0.5) is 0 Å². The van der Waals surface area contributed by atoms with Gasteiger partial charge in [-0.1, -0.05) is 31.2 Å². The highest BCUT2D eigenvalue weighted by atomic mass is 32.2. The number of aliphatic carboxylic acids is 1. The largest absolute Gasteiger partial charge is 0.477 e. The number of carboxylic acid groups (broad SMARTS) is 1. The molecule has 0 saturated carbocycles. The Morgan fingerprint density at radius 3 is 2.65 bits per heavy atom. The molecule has 5 rings (SSSR count). The molecule has 40 heavy (non-hydrogen) atoms. The zero-order chi connectivity index (χ0) is 28.4. The molecule has 4 heterocycles. The molecule has 1 aromatic carbocycles. The number of benzene rings is 1. The summed E-state index contributed by atoms with van der Waals surface area (Å²) >= 11 is 1.44. The minimum absolute atomic E-state index is 0.0393. The molecular weight excluding hydrogens is 534 g/mol. The van der Waals surface area contributed by atoms with E-state index in [-0.39, 0.29) is 36.0 Å². The van der Waals surface area contributed by atoms with E-state index in [1.807, 2.05) is 48.3 Å². The molecule has 0 bridgehead atoms. The van der Waals surface area contributed by atoms with Crippen molar-refractivity contribution in [3.8, 4) is 11.1 Å². The first-order valence-electron chi connectivity index (χ1n) is 13.0. The van der Waals surface area contributed by atoms with Gasteiger partial charge < -0.3 is 21.1 Å². The van der Waals surface area contributed by atoms with Gasteiger partial charge >= 0.3 is 5.97 Å². The summed E-state index contributed by atoms with van der Waals surface area (Å²) in [4.78, 5) is 39.8. The van der Waals surface area contributed by atoms with Crippen molar-refractivity contribution in [3.63, 3.8) is 0 Å². The average Bonchev–Trinajstić information content (AvgIpc) is 3.66. The van der Waals surface area contributed by atoms with Gasteiger partial charge in [0.25, 0.3) is 0 Å². The second-order valence-electron chi connectivity index (χ2n) is 10.0. The molecule has 14 heteroatoms. The van der Waals surface area contributed by atoms with E-state index in [2.05, 4.69) is 25.9 Å². The number of tetrazole rings is 1. The van der Waals surface area contributed by atoms with Crippen LogP contribution in [0.2, 0.25) is 0 Å². The first kappa shape index (κ1) is 27.5. The van der Waals surface area contributed by atoms with Gasteiger partial charge in [-0.05, 0) is 41.4 Å². The van der Waals surface area contributed by atoms with Gasteiger partial charge in [0, 0.05) is 40.9 Å². The van der Waals surface area contributed by atoms with Gasteiger partial charge in [0.15, 0.2) is 0 Å². The number of nitrogens with zero attached hydrogens (tertiary/aromatic N) is 7. The number of nitrogens with one attached hydrogen (secondary N) is 1. The standard InChI is InChI=1S/C26H31N9O4S/c1-15-22-21(16(2)30-20(36)12-34-14-28-31-32-34)25(37)35(22)23(26(38)39)24(15)40-13-17-4-6-18(7-5-17)19-10-29-33(11-19)9-3-8-27/h4-7,10-11,14-16,21-22H,3,8-9,12-13,27H2,1-2H3,(H,30,36)(H,38,39)/t15-,16-,21-,22-/m1/s1. The molecule has 2 aliphatic heterocycles. The highest BCUT2D eigenvalue weighted by Crippen LogP contribution is 2.51. The number of carboxylic acids is 1. The number of hydrogen-bond acceptors (Lipinski definition) is 9. The Labute approximate surface area is 234 Å². The van der Waals surface area contributed by atoms with E-state index in [9.17, 15) is 19.5 Å². The van der Waals surface area contributed by atoms with E-state index in [0.717, 1.165) is 29.7 Å². The molecule has 2 aromatic heterocycles. The van der Waals surface area contributed by atoms with Crippen LogP contribution < -0.4 is 11.1 Å². The average molecular weight is 566 g/mol. The Balaban J connectivity index is 1.23. The van der Waals surface area contributed by atoms with Crippen LogP contribution in [-0.2, 0) is 33.2 Å². The minimum Gasteiger partial charge on any atom is -0.477 e. The molecule has 4 N–H and O–H groups in total. The van der Waals surface area contributed by atoms with Crippen molar-refractivity contribution in [1.29, 1.82) is 0 Å². The Hall–Kier alpha value is -4.04. The van der Waals surface area contributed by atoms with Gasteiger partial charge in [-0.3, -0.25) is 14.3 Å². The van der Waals surface area contributed by atoms with Crippen LogP contribution in [0.1, 0.15) is 25.8 Å². The van der Waals surface area contributed by atoms with E-state index in [4.69, 9.17) is 5.73 Å². The summed E-state index contributed by atoms with van der Waals surface area (Å²) in [5, 5.41) is 27.9. The number of amides is 2. The van der Waals surface area contributed by atoms with Crippen LogP contribution in [0, 0.1) is 11.8 Å². The lowest BCUT2D eigenvalue weighted by Crippen LogP contribution is -2.66. The van der Waals surface area contributed by atoms with Gasteiger partial charge in [0.1, 0.15) is 18.6 Å². The second-order valence-corrected chi connectivity index (χ2v) is 11.0. The summed E-state index contributed by atoms with van der Waals surface area (Å²) in [6.07, 6.45) is 6.02. The van der Waals surface area contributed by atoms with Crippen molar-refractivity contribution in [2.24, 2.45) is 17.6 Å². The van der Waals surface area contributed by atoms with Gasteiger partial charge in [-0.2, -0.15) is 5.10 Å². The third kappa shape index (κ3) is 5.36. The van der Waals surface area contributed by atoms with E-state index in [1.165, 1.54) is 27.7 Å². The van der Waals surface area contributed by atoms with E-state index in [1.54, 1.807) is 6.92 Å². The molecule has 4 atom stereocenters. The van der Waals surface area contributed by atoms with Crippen LogP contribution in [0.3, 0.4) is 0 Å². The number of nitrogens with two attached hydrogens (primary N) is 1. The quantitative estimate of drug-likeness (QED) is 0.270. The normalized spacial score (nSPS) is 20.8. The number of aromatic nitrogens is 6.